The number of para-hydroxylation sites is 1. The van der Waals surface area contributed by atoms with Gasteiger partial charge in [-0.15, -0.1) is 0 Å². The standard InChI is InChI=1S/C17H19NO2/c1-11-8-12(2)10-14(9-11)16(17(19)20)18-15-7-5-4-6-13(15)3/h4-10,16,18H,1-3H3,(H,19,20). The Morgan fingerprint density at radius 2 is 1.65 bits per heavy atom. The van der Waals surface area contributed by atoms with Crippen molar-refractivity contribution in [1.82, 2.24) is 0 Å². The van der Waals surface area contributed by atoms with E-state index in [1.165, 1.54) is 0 Å². The molecule has 0 aliphatic rings. The van der Waals surface area contributed by atoms with Crippen LogP contribution >= 0.6 is 0 Å². The van der Waals surface area contributed by atoms with Gasteiger partial charge in [0.2, 0.25) is 0 Å². The molecule has 2 aromatic carbocycles. The number of carboxylic acids is 1. The molecule has 2 N–H and O–H groups in total. The fraction of sp³-hybridized carbons (Fsp3) is 0.235. The van der Waals surface area contributed by atoms with E-state index < -0.39 is 12.0 Å². The van der Waals surface area contributed by atoms with Crippen LogP contribution in [0, 0.1) is 20.8 Å². The van der Waals surface area contributed by atoms with Crippen molar-refractivity contribution in [2.75, 3.05) is 5.32 Å². The van der Waals surface area contributed by atoms with Crippen molar-refractivity contribution in [3.8, 4) is 0 Å². The molecule has 0 heterocycles. The molecule has 0 aliphatic carbocycles. The first-order valence-corrected chi connectivity index (χ1v) is 6.60. The molecule has 0 fully saturated rings. The number of rotatable bonds is 4. The predicted molar refractivity (Wildman–Crippen MR) is 81.1 cm³/mol. The average molecular weight is 269 g/mol. The summed E-state index contributed by atoms with van der Waals surface area (Å²) in [6.45, 7) is 5.91. The minimum Gasteiger partial charge on any atom is -0.479 e. The third kappa shape index (κ3) is 3.18. The minimum atomic E-state index is -0.877. The van der Waals surface area contributed by atoms with Gasteiger partial charge in [-0.25, -0.2) is 4.79 Å². The zero-order valence-corrected chi connectivity index (χ0v) is 12.0. The van der Waals surface area contributed by atoms with Gasteiger partial charge < -0.3 is 10.4 Å². The Balaban J connectivity index is 2.37. The molecule has 20 heavy (non-hydrogen) atoms. The molecule has 1 unspecified atom stereocenters. The van der Waals surface area contributed by atoms with E-state index in [9.17, 15) is 9.90 Å². The minimum absolute atomic E-state index is 0.741. The summed E-state index contributed by atoms with van der Waals surface area (Å²) in [6.07, 6.45) is 0. The maximum absolute atomic E-state index is 11.6. The predicted octanol–water partition coefficient (Wildman–Crippen LogP) is 3.85. The number of anilines is 1. The first-order chi connectivity index (χ1) is 9.47. The van der Waals surface area contributed by atoms with Crippen molar-refractivity contribution in [1.29, 1.82) is 0 Å². The molecule has 0 aliphatic heterocycles. The molecule has 1 atom stereocenters. The summed E-state index contributed by atoms with van der Waals surface area (Å²) in [4.78, 5) is 11.6. The molecule has 0 amide bonds. The van der Waals surface area contributed by atoms with Gasteiger partial charge in [-0.2, -0.15) is 0 Å². The summed E-state index contributed by atoms with van der Waals surface area (Å²) >= 11 is 0. The van der Waals surface area contributed by atoms with Crippen molar-refractivity contribution in [2.24, 2.45) is 0 Å². The van der Waals surface area contributed by atoms with E-state index in [2.05, 4.69) is 5.32 Å². The molecule has 3 nitrogen and oxygen atoms in total. The third-order valence-electron chi connectivity index (χ3n) is 3.27. The highest BCUT2D eigenvalue weighted by Crippen LogP contribution is 2.24. The van der Waals surface area contributed by atoms with Crippen LogP contribution in [0.3, 0.4) is 0 Å². The lowest BCUT2D eigenvalue weighted by Crippen LogP contribution is -2.21. The molecule has 0 bridgehead atoms. The van der Waals surface area contributed by atoms with Gasteiger partial charge in [-0.1, -0.05) is 47.5 Å². The molecule has 0 aromatic heterocycles. The molecule has 0 radical (unpaired) electrons. The van der Waals surface area contributed by atoms with Crippen LogP contribution in [0.4, 0.5) is 5.69 Å². The van der Waals surface area contributed by atoms with Crippen LogP contribution in [-0.4, -0.2) is 11.1 Å². The van der Waals surface area contributed by atoms with E-state index in [4.69, 9.17) is 0 Å². The number of carbonyl (C=O) groups is 1. The second-order valence-corrected chi connectivity index (χ2v) is 5.15. The van der Waals surface area contributed by atoms with Crippen molar-refractivity contribution in [3.05, 3.63) is 64.7 Å². The van der Waals surface area contributed by atoms with Crippen molar-refractivity contribution in [3.63, 3.8) is 0 Å². The van der Waals surface area contributed by atoms with Gasteiger partial charge >= 0.3 is 5.97 Å². The highest BCUT2D eigenvalue weighted by atomic mass is 16.4. The quantitative estimate of drug-likeness (QED) is 0.886. The summed E-state index contributed by atoms with van der Waals surface area (Å²) in [7, 11) is 0. The number of hydrogen-bond acceptors (Lipinski definition) is 2. The van der Waals surface area contributed by atoms with E-state index in [0.717, 1.165) is 27.9 Å². The topological polar surface area (TPSA) is 49.3 Å². The fourth-order valence-corrected chi connectivity index (χ4v) is 2.35. The van der Waals surface area contributed by atoms with E-state index >= 15 is 0 Å². The van der Waals surface area contributed by atoms with Gasteiger partial charge in [0, 0.05) is 5.69 Å². The normalized spacial score (nSPS) is 11.9. The first-order valence-electron chi connectivity index (χ1n) is 6.60. The van der Waals surface area contributed by atoms with Gasteiger partial charge in [0.25, 0.3) is 0 Å². The van der Waals surface area contributed by atoms with Crippen LogP contribution in [-0.2, 0) is 4.79 Å². The summed E-state index contributed by atoms with van der Waals surface area (Å²) in [5.41, 5.74) is 4.79. The van der Waals surface area contributed by atoms with Crippen LogP contribution in [0.25, 0.3) is 0 Å². The number of aliphatic carboxylic acids is 1. The Labute approximate surface area is 119 Å². The Morgan fingerprint density at radius 1 is 1.05 bits per heavy atom. The Morgan fingerprint density at radius 3 is 2.20 bits per heavy atom. The van der Waals surface area contributed by atoms with Gasteiger partial charge in [-0.3, -0.25) is 0 Å². The molecule has 3 heteroatoms. The number of carboxylic acid groups (broad SMARTS) is 1. The molecule has 0 saturated carbocycles. The summed E-state index contributed by atoms with van der Waals surface area (Å²) in [5.74, 6) is -0.877. The maximum Gasteiger partial charge on any atom is 0.330 e. The zero-order valence-electron chi connectivity index (χ0n) is 12.0. The molecule has 2 rings (SSSR count). The SMILES string of the molecule is Cc1cc(C)cc(C(Nc2ccccc2C)C(=O)O)c1. The van der Waals surface area contributed by atoms with E-state index in [0.29, 0.717) is 0 Å². The van der Waals surface area contributed by atoms with Crippen molar-refractivity contribution < 1.29 is 9.90 Å². The second-order valence-electron chi connectivity index (χ2n) is 5.15. The van der Waals surface area contributed by atoms with Gasteiger partial charge in [0.1, 0.15) is 0 Å². The van der Waals surface area contributed by atoms with Gasteiger partial charge in [-0.05, 0) is 38.0 Å². The maximum atomic E-state index is 11.6. The summed E-state index contributed by atoms with van der Waals surface area (Å²) < 4.78 is 0. The highest BCUT2D eigenvalue weighted by molar-refractivity contribution is 5.79. The fourth-order valence-electron chi connectivity index (χ4n) is 2.35. The van der Waals surface area contributed by atoms with Crippen LogP contribution in [0.1, 0.15) is 28.3 Å². The molecule has 104 valence electrons. The number of benzene rings is 2. The Bertz CT molecular complexity index is 614. The molecular formula is C17H19NO2. The van der Waals surface area contributed by atoms with Crippen molar-refractivity contribution in [2.45, 2.75) is 26.8 Å². The van der Waals surface area contributed by atoms with E-state index in [-0.39, 0.29) is 0 Å². The summed E-state index contributed by atoms with van der Waals surface area (Å²) in [6, 6.07) is 12.8. The van der Waals surface area contributed by atoms with Crippen LogP contribution in [0.15, 0.2) is 42.5 Å². The largest absolute Gasteiger partial charge is 0.479 e. The van der Waals surface area contributed by atoms with Gasteiger partial charge in [0.15, 0.2) is 6.04 Å². The lowest BCUT2D eigenvalue weighted by atomic mass is 10.0. The molecular weight excluding hydrogens is 250 g/mol. The summed E-state index contributed by atoms with van der Waals surface area (Å²) in [5, 5.41) is 12.6. The van der Waals surface area contributed by atoms with Crippen molar-refractivity contribution >= 4 is 11.7 Å². The Hall–Kier alpha value is -2.29. The van der Waals surface area contributed by atoms with Crippen LogP contribution in [0.2, 0.25) is 0 Å². The lowest BCUT2D eigenvalue weighted by Gasteiger charge is -2.18. The molecule has 0 spiro atoms. The highest BCUT2D eigenvalue weighted by Gasteiger charge is 2.20. The Kier molecular flexibility index (Phi) is 4.08. The van der Waals surface area contributed by atoms with Crippen LogP contribution in [0.5, 0.6) is 0 Å². The lowest BCUT2D eigenvalue weighted by molar-refractivity contribution is -0.138. The molecule has 2 aromatic rings. The number of aryl methyl sites for hydroxylation is 3. The first kappa shape index (κ1) is 14.1. The number of nitrogens with one attached hydrogen (secondary N) is 1. The average Bonchev–Trinajstić information content (AvgIpc) is 2.36. The second kappa shape index (κ2) is 5.78. The van der Waals surface area contributed by atoms with E-state index in [1.54, 1.807) is 0 Å². The molecule has 0 saturated heterocycles. The van der Waals surface area contributed by atoms with E-state index in [1.807, 2.05) is 63.2 Å². The van der Waals surface area contributed by atoms with Gasteiger partial charge in [0.05, 0.1) is 0 Å². The zero-order chi connectivity index (χ0) is 14.7. The third-order valence-corrected chi connectivity index (χ3v) is 3.27. The monoisotopic (exact) mass is 269 g/mol. The smallest absolute Gasteiger partial charge is 0.330 e. The number of hydrogen-bond donors (Lipinski definition) is 2. The van der Waals surface area contributed by atoms with Crippen LogP contribution < -0.4 is 5.32 Å².